The van der Waals surface area contributed by atoms with Crippen molar-refractivity contribution in [2.45, 2.75) is 20.0 Å². The number of pyridine rings is 1. The molecule has 2 aromatic heterocycles. The molecule has 0 amide bonds. The summed E-state index contributed by atoms with van der Waals surface area (Å²) in [7, 11) is 0. The van der Waals surface area contributed by atoms with Crippen molar-refractivity contribution in [3.05, 3.63) is 42.4 Å². The molecular weight excluding hydrogens is 355 g/mol. The molecule has 0 aromatic carbocycles. The van der Waals surface area contributed by atoms with Crippen LogP contribution in [0.25, 0.3) is 0 Å². The number of nitrogens with two attached hydrogens (primary N) is 1. The third kappa shape index (κ3) is 4.86. The van der Waals surface area contributed by atoms with E-state index < -0.39 is 0 Å². The van der Waals surface area contributed by atoms with Crippen LogP contribution in [-0.4, -0.2) is 20.7 Å². The minimum absolute atomic E-state index is 0. The lowest BCUT2D eigenvalue weighted by Crippen LogP contribution is -2.23. The quantitative estimate of drug-likeness (QED) is 0.488. The van der Waals surface area contributed by atoms with Crippen molar-refractivity contribution < 1.29 is 0 Å². The highest BCUT2D eigenvalue weighted by Gasteiger charge is 1.98. The van der Waals surface area contributed by atoms with Gasteiger partial charge in [-0.1, -0.05) is 6.07 Å². The Hall–Kier alpha value is -1.64. The molecule has 2 aromatic rings. The van der Waals surface area contributed by atoms with Gasteiger partial charge in [0.2, 0.25) is 0 Å². The average molecular weight is 372 g/mol. The van der Waals surface area contributed by atoms with E-state index in [-0.39, 0.29) is 24.0 Å². The van der Waals surface area contributed by atoms with Crippen molar-refractivity contribution in [3.63, 3.8) is 0 Å². The van der Waals surface area contributed by atoms with Gasteiger partial charge in [0.25, 0.3) is 0 Å². The molecule has 0 aliphatic rings. The highest BCUT2D eigenvalue weighted by atomic mass is 127. The van der Waals surface area contributed by atoms with Gasteiger partial charge in [-0.25, -0.2) is 9.98 Å². The van der Waals surface area contributed by atoms with E-state index in [2.05, 4.69) is 20.4 Å². The lowest BCUT2D eigenvalue weighted by Gasteiger charge is -2.03. The van der Waals surface area contributed by atoms with E-state index in [1.165, 1.54) is 0 Å². The van der Waals surface area contributed by atoms with Crippen LogP contribution in [-0.2, 0) is 13.1 Å². The first kappa shape index (κ1) is 15.4. The maximum absolute atomic E-state index is 5.76. The van der Waals surface area contributed by atoms with Crippen LogP contribution >= 0.6 is 24.0 Å². The van der Waals surface area contributed by atoms with E-state index in [9.17, 15) is 0 Å². The molecule has 0 saturated heterocycles. The maximum Gasteiger partial charge on any atom is 0.194 e. The molecule has 0 atom stereocenters. The standard InChI is InChI=1S/C12H16N6.HI/c1-2-18-9-10(8-16-18)7-15-12(13)17-11-5-3-4-6-14-11;/h3-6,8-9H,2,7H2,1H3,(H3,13,14,15,17);1H. The summed E-state index contributed by atoms with van der Waals surface area (Å²) >= 11 is 0. The lowest BCUT2D eigenvalue weighted by molar-refractivity contribution is 0.659. The number of aryl methyl sites for hydroxylation is 1. The maximum atomic E-state index is 5.76. The van der Waals surface area contributed by atoms with Crippen molar-refractivity contribution in [1.82, 2.24) is 14.8 Å². The van der Waals surface area contributed by atoms with E-state index in [1.54, 1.807) is 12.4 Å². The number of guanidine groups is 1. The first-order valence-electron chi connectivity index (χ1n) is 5.77. The monoisotopic (exact) mass is 372 g/mol. The molecule has 0 bridgehead atoms. The molecule has 0 fully saturated rings. The van der Waals surface area contributed by atoms with Crippen molar-refractivity contribution >= 4 is 35.8 Å². The van der Waals surface area contributed by atoms with Crippen LogP contribution in [0, 0.1) is 0 Å². The van der Waals surface area contributed by atoms with E-state index in [1.807, 2.05) is 36.0 Å². The third-order valence-corrected chi connectivity index (χ3v) is 2.36. The topological polar surface area (TPSA) is 81.1 Å². The Morgan fingerprint density at radius 2 is 2.32 bits per heavy atom. The van der Waals surface area contributed by atoms with Crippen LogP contribution in [0.5, 0.6) is 0 Å². The fourth-order valence-electron chi connectivity index (χ4n) is 1.44. The second-order valence-electron chi connectivity index (χ2n) is 3.75. The summed E-state index contributed by atoms with van der Waals surface area (Å²) in [6, 6.07) is 5.56. The zero-order valence-electron chi connectivity index (χ0n) is 10.7. The first-order valence-corrected chi connectivity index (χ1v) is 5.77. The molecule has 7 heteroatoms. The summed E-state index contributed by atoms with van der Waals surface area (Å²) in [5.41, 5.74) is 6.79. The number of hydrogen-bond acceptors (Lipinski definition) is 3. The molecule has 0 unspecified atom stereocenters. The molecule has 3 N–H and O–H groups in total. The molecular formula is C12H17IN6. The van der Waals surface area contributed by atoms with E-state index in [0.717, 1.165) is 12.1 Å². The molecule has 0 aliphatic carbocycles. The molecule has 0 radical (unpaired) electrons. The fraction of sp³-hybridized carbons (Fsp3) is 0.250. The normalized spacial score (nSPS) is 10.9. The van der Waals surface area contributed by atoms with Gasteiger partial charge in [-0.05, 0) is 19.1 Å². The summed E-state index contributed by atoms with van der Waals surface area (Å²) in [4.78, 5) is 8.33. The highest BCUT2D eigenvalue weighted by Crippen LogP contribution is 2.01. The van der Waals surface area contributed by atoms with Crippen LogP contribution in [0.15, 0.2) is 41.8 Å². The van der Waals surface area contributed by atoms with Crippen molar-refractivity contribution in [2.24, 2.45) is 10.7 Å². The second kappa shape index (κ2) is 7.72. The number of nitrogens with zero attached hydrogens (tertiary/aromatic N) is 4. The number of hydrogen-bond donors (Lipinski definition) is 2. The minimum atomic E-state index is 0. The number of nitrogens with one attached hydrogen (secondary N) is 1. The molecule has 2 rings (SSSR count). The van der Waals surface area contributed by atoms with Gasteiger partial charge in [-0.15, -0.1) is 24.0 Å². The zero-order valence-corrected chi connectivity index (χ0v) is 13.0. The Bertz CT molecular complexity index is 522. The Morgan fingerprint density at radius 1 is 1.47 bits per heavy atom. The summed E-state index contributed by atoms with van der Waals surface area (Å²) in [5, 5.41) is 7.09. The summed E-state index contributed by atoms with van der Waals surface area (Å²) in [6.45, 7) is 3.40. The predicted molar refractivity (Wildman–Crippen MR) is 86.5 cm³/mol. The van der Waals surface area contributed by atoms with E-state index in [0.29, 0.717) is 18.3 Å². The van der Waals surface area contributed by atoms with Crippen LogP contribution < -0.4 is 11.1 Å². The van der Waals surface area contributed by atoms with E-state index in [4.69, 9.17) is 5.73 Å². The molecule has 0 spiro atoms. The Morgan fingerprint density at radius 3 is 2.95 bits per heavy atom. The minimum Gasteiger partial charge on any atom is -0.370 e. The SMILES string of the molecule is CCn1cc(CN=C(N)Nc2ccccn2)cn1.I. The molecule has 2 heterocycles. The van der Waals surface area contributed by atoms with Crippen LogP contribution in [0.4, 0.5) is 5.82 Å². The van der Waals surface area contributed by atoms with Crippen molar-refractivity contribution in [3.8, 4) is 0 Å². The summed E-state index contributed by atoms with van der Waals surface area (Å²) in [6.07, 6.45) is 5.44. The van der Waals surface area contributed by atoms with Gasteiger partial charge in [0.05, 0.1) is 12.7 Å². The van der Waals surface area contributed by atoms with Gasteiger partial charge < -0.3 is 11.1 Å². The Kier molecular flexibility index (Phi) is 6.26. The molecule has 0 aliphatic heterocycles. The van der Waals surface area contributed by atoms with Crippen molar-refractivity contribution in [1.29, 1.82) is 0 Å². The summed E-state index contributed by atoms with van der Waals surface area (Å²) < 4.78 is 1.85. The number of aliphatic imine (C=N–C) groups is 1. The zero-order chi connectivity index (χ0) is 12.8. The van der Waals surface area contributed by atoms with Gasteiger partial charge >= 0.3 is 0 Å². The number of halogens is 1. The van der Waals surface area contributed by atoms with Gasteiger partial charge in [-0.3, -0.25) is 4.68 Å². The van der Waals surface area contributed by atoms with E-state index >= 15 is 0 Å². The van der Waals surface area contributed by atoms with Gasteiger partial charge in [0.1, 0.15) is 5.82 Å². The number of anilines is 1. The smallest absolute Gasteiger partial charge is 0.194 e. The van der Waals surface area contributed by atoms with Gasteiger partial charge in [0.15, 0.2) is 5.96 Å². The molecule has 19 heavy (non-hydrogen) atoms. The third-order valence-electron chi connectivity index (χ3n) is 2.36. The Labute approximate surface area is 129 Å². The molecule has 0 saturated carbocycles. The number of rotatable bonds is 4. The Balaban J connectivity index is 0.00000180. The number of aromatic nitrogens is 3. The first-order chi connectivity index (χ1) is 8.78. The summed E-state index contributed by atoms with van der Waals surface area (Å²) in [5.74, 6) is 1.03. The van der Waals surface area contributed by atoms with Crippen LogP contribution in [0.2, 0.25) is 0 Å². The average Bonchev–Trinajstić information content (AvgIpc) is 2.85. The van der Waals surface area contributed by atoms with Crippen LogP contribution in [0.1, 0.15) is 12.5 Å². The second-order valence-corrected chi connectivity index (χ2v) is 3.75. The van der Waals surface area contributed by atoms with Gasteiger partial charge in [0, 0.05) is 24.5 Å². The van der Waals surface area contributed by atoms with Crippen molar-refractivity contribution in [2.75, 3.05) is 5.32 Å². The largest absolute Gasteiger partial charge is 0.370 e. The predicted octanol–water partition coefficient (Wildman–Crippen LogP) is 1.84. The van der Waals surface area contributed by atoms with Crippen LogP contribution in [0.3, 0.4) is 0 Å². The van der Waals surface area contributed by atoms with Gasteiger partial charge in [-0.2, -0.15) is 5.10 Å². The highest BCUT2D eigenvalue weighted by molar-refractivity contribution is 14.0. The molecule has 6 nitrogen and oxygen atoms in total. The fourth-order valence-corrected chi connectivity index (χ4v) is 1.44. The molecule has 102 valence electrons. The lowest BCUT2D eigenvalue weighted by atomic mass is 10.4.